The Labute approximate surface area is 178 Å². The molecule has 3 aromatic rings. The highest BCUT2D eigenvalue weighted by molar-refractivity contribution is 5.94. The molecule has 0 radical (unpaired) electrons. The second-order valence-electron chi connectivity index (χ2n) is 7.88. The van der Waals surface area contributed by atoms with E-state index >= 15 is 0 Å². The molecule has 1 aliphatic rings. The first-order chi connectivity index (χ1) is 13.6. The smallest absolute Gasteiger partial charge is 0.251 e. The lowest BCUT2D eigenvalue weighted by Crippen LogP contribution is -2.40. The number of nitrogens with zero attached hydrogens (tertiary/aromatic N) is 1. The Kier molecular flexibility index (Phi) is 6.75. The monoisotopic (exact) mass is 409 g/mol. The van der Waals surface area contributed by atoms with Gasteiger partial charge in [-0.05, 0) is 69.4 Å². The first-order valence-corrected chi connectivity index (χ1v) is 10.1. The summed E-state index contributed by atoms with van der Waals surface area (Å²) >= 11 is 0. The summed E-state index contributed by atoms with van der Waals surface area (Å²) in [5.41, 5.74) is 4.13. The molecular formula is C24H28ClN3O. The summed E-state index contributed by atoms with van der Waals surface area (Å²) in [6.07, 6.45) is 4.04. The Morgan fingerprint density at radius 2 is 1.66 bits per heavy atom. The molecule has 1 amide bonds. The van der Waals surface area contributed by atoms with Gasteiger partial charge < -0.3 is 10.6 Å². The number of rotatable bonds is 4. The van der Waals surface area contributed by atoms with Crippen LogP contribution in [0.1, 0.15) is 47.2 Å². The lowest BCUT2D eigenvalue weighted by molar-refractivity contribution is 0.0926. The van der Waals surface area contributed by atoms with E-state index in [-0.39, 0.29) is 24.4 Å². The first-order valence-electron chi connectivity index (χ1n) is 10.1. The number of amides is 1. The normalized spacial score (nSPS) is 18.7. The zero-order valence-electron chi connectivity index (χ0n) is 16.9. The minimum Gasteiger partial charge on any atom is -0.367 e. The molecule has 1 heterocycles. The number of fused-ring (bicyclic) bond motifs is 1. The van der Waals surface area contributed by atoms with Gasteiger partial charge in [0.05, 0.1) is 5.52 Å². The molecule has 1 aliphatic carbocycles. The fourth-order valence-corrected chi connectivity index (χ4v) is 4.07. The molecule has 0 aliphatic heterocycles. The van der Waals surface area contributed by atoms with E-state index in [0.717, 1.165) is 48.1 Å². The Morgan fingerprint density at radius 3 is 2.41 bits per heavy atom. The molecule has 4 nitrogen and oxygen atoms in total. The zero-order chi connectivity index (χ0) is 19.5. The van der Waals surface area contributed by atoms with Crippen molar-refractivity contribution in [2.24, 2.45) is 0 Å². The molecule has 152 valence electrons. The van der Waals surface area contributed by atoms with Crippen molar-refractivity contribution in [3.63, 3.8) is 0 Å². The topological polar surface area (TPSA) is 54.0 Å². The van der Waals surface area contributed by atoms with Crippen LogP contribution in [0.4, 0.5) is 5.82 Å². The average Bonchev–Trinajstić information content (AvgIpc) is 2.69. The van der Waals surface area contributed by atoms with Gasteiger partial charge in [-0.15, -0.1) is 12.4 Å². The molecule has 0 atom stereocenters. The van der Waals surface area contributed by atoms with Gasteiger partial charge in [-0.25, -0.2) is 4.98 Å². The average molecular weight is 410 g/mol. The van der Waals surface area contributed by atoms with Crippen molar-refractivity contribution in [3.8, 4) is 0 Å². The molecule has 1 fully saturated rings. The third-order valence-electron chi connectivity index (χ3n) is 5.62. The molecule has 0 spiro atoms. The molecule has 29 heavy (non-hydrogen) atoms. The van der Waals surface area contributed by atoms with E-state index in [1.807, 2.05) is 37.3 Å². The fraction of sp³-hybridized carbons (Fsp3) is 0.333. The van der Waals surface area contributed by atoms with Crippen LogP contribution in [0, 0.1) is 13.8 Å². The van der Waals surface area contributed by atoms with Crippen LogP contribution in [0.5, 0.6) is 0 Å². The summed E-state index contributed by atoms with van der Waals surface area (Å²) in [7, 11) is 0. The predicted molar refractivity (Wildman–Crippen MR) is 122 cm³/mol. The second-order valence-corrected chi connectivity index (χ2v) is 7.88. The zero-order valence-corrected chi connectivity index (χ0v) is 17.8. The van der Waals surface area contributed by atoms with Gasteiger partial charge >= 0.3 is 0 Å². The van der Waals surface area contributed by atoms with Crippen molar-refractivity contribution in [1.82, 2.24) is 10.3 Å². The number of anilines is 1. The van der Waals surface area contributed by atoms with Gasteiger partial charge in [0.2, 0.25) is 0 Å². The predicted octanol–water partition coefficient (Wildman–Crippen LogP) is 5.43. The summed E-state index contributed by atoms with van der Waals surface area (Å²) in [6, 6.07) is 18.8. The van der Waals surface area contributed by atoms with Gasteiger partial charge in [-0.1, -0.05) is 35.9 Å². The van der Waals surface area contributed by atoms with Gasteiger partial charge in [0.25, 0.3) is 5.91 Å². The Hall–Kier alpha value is -2.59. The lowest BCUT2D eigenvalue weighted by Gasteiger charge is -2.30. The van der Waals surface area contributed by atoms with Crippen LogP contribution in [0.15, 0.2) is 54.6 Å². The molecule has 1 aromatic heterocycles. The van der Waals surface area contributed by atoms with Crippen LogP contribution in [0.3, 0.4) is 0 Å². The maximum atomic E-state index is 12.5. The number of para-hydroxylation sites is 1. The summed E-state index contributed by atoms with van der Waals surface area (Å²) in [6.45, 7) is 4.14. The van der Waals surface area contributed by atoms with Crippen molar-refractivity contribution in [1.29, 1.82) is 0 Å². The maximum Gasteiger partial charge on any atom is 0.251 e. The molecule has 0 bridgehead atoms. The number of hydrogen-bond donors (Lipinski definition) is 2. The Bertz CT molecular complexity index is 996. The van der Waals surface area contributed by atoms with Crippen LogP contribution in [0.25, 0.3) is 10.9 Å². The summed E-state index contributed by atoms with van der Waals surface area (Å²) < 4.78 is 0. The summed E-state index contributed by atoms with van der Waals surface area (Å²) in [5.74, 6) is 0.982. The van der Waals surface area contributed by atoms with E-state index in [1.165, 1.54) is 10.9 Å². The second kappa shape index (κ2) is 9.27. The highest BCUT2D eigenvalue weighted by Crippen LogP contribution is 2.25. The van der Waals surface area contributed by atoms with Gasteiger partial charge in [0.15, 0.2) is 0 Å². The number of aromatic nitrogens is 1. The number of hydrogen-bond acceptors (Lipinski definition) is 3. The Balaban J connectivity index is 0.00000240. The van der Waals surface area contributed by atoms with Gasteiger partial charge in [-0.3, -0.25) is 4.79 Å². The highest BCUT2D eigenvalue weighted by Gasteiger charge is 2.23. The van der Waals surface area contributed by atoms with E-state index in [2.05, 4.69) is 41.8 Å². The standard InChI is InChI=1S/C24H27N3O.ClH/c1-16-6-5-7-18(14-16)24(28)26-20-12-10-19(11-13-20)25-23-15-17(2)21-8-3-4-9-22(21)27-23;/h3-9,14-15,19-20H,10-13H2,1-2H3,(H,25,27)(H,26,28);1H. The molecule has 1 saturated carbocycles. The van der Waals surface area contributed by atoms with Crippen molar-refractivity contribution >= 4 is 35.0 Å². The minimum absolute atomic E-state index is 0. The highest BCUT2D eigenvalue weighted by atomic mass is 35.5. The molecule has 4 rings (SSSR count). The number of benzene rings is 2. The fourth-order valence-electron chi connectivity index (χ4n) is 4.07. The quantitative estimate of drug-likeness (QED) is 0.604. The number of nitrogens with one attached hydrogen (secondary N) is 2. The SMILES string of the molecule is Cc1cccc(C(=O)NC2CCC(Nc3cc(C)c4ccccc4n3)CC2)c1.Cl. The number of carbonyl (C=O) groups is 1. The molecule has 2 aromatic carbocycles. The van der Waals surface area contributed by atoms with Crippen LogP contribution < -0.4 is 10.6 Å². The molecular weight excluding hydrogens is 382 g/mol. The van der Waals surface area contributed by atoms with Gasteiger partial charge in [0.1, 0.15) is 5.82 Å². The van der Waals surface area contributed by atoms with Crippen LogP contribution in [0.2, 0.25) is 0 Å². The van der Waals surface area contributed by atoms with Crippen molar-refractivity contribution < 1.29 is 4.79 Å². The van der Waals surface area contributed by atoms with E-state index in [1.54, 1.807) is 0 Å². The van der Waals surface area contributed by atoms with Crippen molar-refractivity contribution in [2.75, 3.05) is 5.32 Å². The maximum absolute atomic E-state index is 12.5. The third-order valence-corrected chi connectivity index (χ3v) is 5.62. The lowest BCUT2D eigenvalue weighted by atomic mass is 9.91. The van der Waals surface area contributed by atoms with Crippen LogP contribution in [-0.4, -0.2) is 23.0 Å². The molecule has 0 saturated heterocycles. The first kappa shape index (κ1) is 21.1. The summed E-state index contributed by atoms with van der Waals surface area (Å²) in [5, 5.41) is 8.01. The summed E-state index contributed by atoms with van der Waals surface area (Å²) in [4.78, 5) is 17.2. The Morgan fingerprint density at radius 1 is 0.931 bits per heavy atom. The largest absolute Gasteiger partial charge is 0.367 e. The number of pyridine rings is 1. The number of halogens is 1. The molecule has 2 N–H and O–H groups in total. The van der Waals surface area contributed by atoms with Gasteiger partial charge in [0, 0.05) is 23.0 Å². The van der Waals surface area contributed by atoms with E-state index < -0.39 is 0 Å². The van der Waals surface area contributed by atoms with Crippen molar-refractivity contribution in [3.05, 3.63) is 71.3 Å². The van der Waals surface area contributed by atoms with Crippen molar-refractivity contribution in [2.45, 2.75) is 51.6 Å². The van der Waals surface area contributed by atoms with E-state index in [0.29, 0.717) is 6.04 Å². The van der Waals surface area contributed by atoms with E-state index in [4.69, 9.17) is 4.98 Å². The number of carbonyl (C=O) groups excluding carboxylic acids is 1. The third kappa shape index (κ3) is 5.07. The molecule has 5 heteroatoms. The van der Waals surface area contributed by atoms with Crippen LogP contribution in [-0.2, 0) is 0 Å². The molecule has 0 unspecified atom stereocenters. The number of aryl methyl sites for hydroxylation is 2. The van der Waals surface area contributed by atoms with E-state index in [9.17, 15) is 4.79 Å². The van der Waals surface area contributed by atoms with Crippen LogP contribution >= 0.6 is 12.4 Å². The minimum atomic E-state index is 0. The van der Waals surface area contributed by atoms with Gasteiger partial charge in [-0.2, -0.15) is 0 Å².